The van der Waals surface area contributed by atoms with E-state index in [1.807, 2.05) is 0 Å². The predicted molar refractivity (Wildman–Crippen MR) is 30.8 cm³/mol. The standard InChI is InChI=1S/C5H9.In.2H/c1-2-4-5-3-1;;;/h1H,2-5H2;;;. The van der Waals surface area contributed by atoms with Gasteiger partial charge in [0.2, 0.25) is 0 Å². The van der Waals surface area contributed by atoms with Crippen LogP contribution in [0.1, 0.15) is 25.7 Å². The van der Waals surface area contributed by atoms with Crippen LogP contribution in [0, 0.1) is 0 Å². The van der Waals surface area contributed by atoms with Crippen LogP contribution in [0.2, 0.25) is 3.67 Å². The molecule has 0 unspecified atom stereocenters. The van der Waals surface area contributed by atoms with E-state index in [4.69, 9.17) is 0 Å². The molecule has 0 amide bonds. The normalized spacial score (nSPS) is 25.3. The van der Waals surface area contributed by atoms with Crippen molar-refractivity contribution in [1.29, 1.82) is 0 Å². The Kier molecular flexibility index (Phi) is 1.88. The van der Waals surface area contributed by atoms with E-state index in [9.17, 15) is 0 Å². The summed E-state index contributed by atoms with van der Waals surface area (Å²) in [6.07, 6.45) is 6.24. The molecule has 1 heteroatoms. The second kappa shape index (κ2) is 2.25. The molecule has 0 atom stereocenters. The van der Waals surface area contributed by atoms with E-state index in [0.717, 1.165) is 24.4 Å². The van der Waals surface area contributed by atoms with Crippen LogP contribution in [0.15, 0.2) is 0 Å². The van der Waals surface area contributed by atoms with Gasteiger partial charge in [-0.15, -0.1) is 0 Å². The van der Waals surface area contributed by atoms with Crippen LogP contribution in [0.4, 0.5) is 0 Å². The van der Waals surface area contributed by atoms with Gasteiger partial charge in [0.1, 0.15) is 0 Å². The van der Waals surface area contributed by atoms with Gasteiger partial charge in [-0.1, -0.05) is 0 Å². The van der Waals surface area contributed by atoms with Crippen LogP contribution >= 0.6 is 0 Å². The molecule has 34 valence electrons. The Bertz CT molecular complexity index is 37.2. The van der Waals surface area contributed by atoms with Gasteiger partial charge in [-0.05, 0) is 0 Å². The van der Waals surface area contributed by atoms with E-state index >= 15 is 0 Å². The molecule has 0 nitrogen and oxygen atoms in total. The zero-order valence-corrected chi connectivity index (χ0v) is 10.1. The maximum atomic E-state index is 1.58. The van der Waals surface area contributed by atoms with Gasteiger partial charge >= 0.3 is 53.7 Å². The molecular weight excluding hydrogens is 175 g/mol. The molecule has 0 aromatic rings. The van der Waals surface area contributed by atoms with Crippen molar-refractivity contribution >= 4 is 24.4 Å². The second-order valence-corrected chi connectivity index (χ2v) is 7.05. The molecule has 1 fully saturated rings. The SMILES string of the molecule is [InH2][CH]1CCCC1. The first-order valence-corrected chi connectivity index (χ1v) is 6.19. The molecule has 1 rings (SSSR count). The Balaban J connectivity index is 2.18. The van der Waals surface area contributed by atoms with Crippen LogP contribution in [0.25, 0.3) is 0 Å². The molecule has 0 aliphatic heterocycles. The van der Waals surface area contributed by atoms with E-state index in [1.54, 1.807) is 12.8 Å². The molecule has 1 saturated carbocycles. The summed E-state index contributed by atoms with van der Waals surface area (Å²) in [5.74, 6) is 0. The fourth-order valence-corrected chi connectivity index (χ4v) is 3.46. The maximum absolute atomic E-state index is 1.58. The van der Waals surface area contributed by atoms with Crippen molar-refractivity contribution in [2.45, 2.75) is 29.4 Å². The summed E-state index contributed by atoms with van der Waals surface area (Å²) < 4.78 is 1.26. The summed E-state index contributed by atoms with van der Waals surface area (Å²) in [5, 5.41) is 0. The summed E-state index contributed by atoms with van der Waals surface area (Å²) in [4.78, 5) is 0. The van der Waals surface area contributed by atoms with Gasteiger partial charge in [-0.3, -0.25) is 0 Å². The third kappa shape index (κ3) is 1.18. The van der Waals surface area contributed by atoms with Crippen molar-refractivity contribution in [3.05, 3.63) is 0 Å². The Labute approximate surface area is 53.9 Å². The van der Waals surface area contributed by atoms with Gasteiger partial charge in [-0.25, -0.2) is 0 Å². The van der Waals surface area contributed by atoms with Gasteiger partial charge in [0.25, 0.3) is 0 Å². The van der Waals surface area contributed by atoms with Gasteiger partial charge in [-0.2, -0.15) is 0 Å². The molecular formula is C5H11In. The zero-order valence-electron chi connectivity index (χ0n) is 4.41. The molecule has 6 heavy (non-hydrogen) atoms. The first-order valence-electron chi connectivity index (χ1n) is 2.89. The van der Waals surface area contributed by atoms with Crippen molar-refractivity contribution in [3.8, 4) is 0 Å². The number of rotatable bonds is 0. The second-order valence-electron chi connectivity index (χ2n) is 2.39. The number of hydrogen-bond donors (Lipinski definition) is 0. The van der Waals surface area contributed by atoms with Gasteiger partial charge < -0.3 is 0 Å². The summed E-state index contributed by atoms with van der Waals surface area (Å²) in [6.45, 7) is 0. The quantitative estimate of drug-likeness (QED) is 0.528. The van der Waals surface area contributed by atoms with Crippen molar-refractivity contribution in [3.63, 3.8) is 0 Å². The Morgan fingerprint density at radius 1 is 1.17 bits per heavy atom. The predicted octanol–water partition coefficient (Wildman–Crippen LogP) is 0.982. The molecule has 0 heterocycles. The van der Waals surface area contributed by atoms with E-state index in [0.29, 0.717) is 0 Å². The molecule has 1 aliphatic rings. The molecule has 0 aromatic carbocycles. The monoisotopic (exact) mass is 186 g/mol. The molecule has 0 bridgehead atoms. The van der Waals surface area contributed by atoms with Gasteiger partial charge in [0.05, 0.1) is 0 Å². The van der Waals surface area contributed by atoms with Crippen molar-refractivity contribution < 1.29 is 0 Å². The average molecular weight is 186 g/mol. The fourth-order valence-electron chi connectivity index (χ4n) is 1.13. The van der Waals surface area contributed by atoms with Gasteiger partial charge in [0.15, 0.2) is 0 Å². The Morgan fingerprint density at radius 2 is 1.67 bits per heavy atom. The third-order valence-electron chi connectivity index (χ3n) is 1.64. The van der Waals surface area contributed by atoms with Crippen molar-refractivity contribution in [1.82, 2.24) is 0 Å². The molecule has 0 aromatic heterocycles. The minimum atomic E-state index is 0.999. The summed E-state index contributed by atoms with van der Waals surface area (Å²) in [7, 11) is 0. The van der Waals surface area contributed by atoms with Crippen molar-refractivity contribution in [2.24, 2.45) is 0 Å². The zero-order chi connectivity index (χ0) is 4.41. The third-order valence-corrected chi connectivity index (χ3v) is 4.94. The topological polar surface area (TPSA) is 0 Å². The molecule has 0 saturated heterocycles. The first-order chi connectivity index (χ1) is 2.89. The number of hydrogen-bond acceptors (Lipinski definition) is 0. The van der Waals surface area contributed by atoms with E-state index in [1.165, 1.54) is 16.5 Å². The van der Waals surface area contributed by atoms with E-state index in [2.05, 4.69) is 0 Å². The Hall–Kier alpha value is 0.870. The van der Waals surface area contributed by atoms with E-state index in [-0.39, 0.29) is 0 Å². The van der Waals surface area contributed by atoms with Gasteiger partial charge in [0, 0.05) is 0 Å². The average Bonchev–Trinajstić information content (AvgIpc) is 1.86. The molecule has 1 aliphatic carbocycles. The molecule has 0 N–H and O–H groups in total. The van der Waals surface area contributed by atoms with Crippen LogP contribution in [0.5, 0.6) is 0 Å². The summed E-state index contributed by atoms with van der Waals surface area (Å²) >= 11 is 0.999. The molecule has 0 spiro atoms. The fraction of sp³-hybridized carbons (Fsp3) is 1.00. The minimum absolute atomic E-state index is 0.999. The summed E-state index contributed by atoms with van der Waals surface area (Å²) in [6, 6.07) is 0. The van der Waals surface area contributed by atoms with Crippen LogP contribution < -0.4 is 0 Å². The van der Waals surface area contributed by atoms with E-state index < -0.39 is 0 Å². The van der Waals surface area contributed by atoms with Crippen LogP contribution in [-0.4, -0.2) is 24.4 Å². The Morgan fingerprint density at radius 3 is 1.83 bits per heavy atom. The first kappa shape index (κ1) is 5.02. The van der Waals surface area contributed by atoms with Crippen LogP contribution in [0.3, 0.4) is 0 Å². The van der Waals surface area contributed by atoms with Crippen molar-refractivity contribution in [2.75, 3.05) is 0 Å². The summed E-state index contributed by atoms with van der Waals surface area (Å²) in [5.41, 5.74) is 0. The van der Waals surface area contributed by atoms with Crippen LogP contribution in [-0.2, 0) is 0 Å². The molecule has 0 radical (unpaired) electrons.